The van der Waals surface area contributed by atoms with Crippen LogP contribution in [0.1, 0.15) is 0 Å². The molecular weight excluding hydrogens is 384 g/mol. The van der Waals surface area contributed by atoms with E-state index in [1.807, 2.05) is 37.0 Å². The molecule has 6 rings (SSSR count). The van der Waals surface area contributed by atoms with Crippen LogP contribution in [0.2, 0.25) is 0 Å². The number of furan rings is 1. The molecule has 1 N–H and O–H groups in total. The molecule has 0 aliphatic carbocycles. The molecule has 0 bridgehead atoms. The maximum absolute atomic E-state index is 5.94. The summed E-state index contributed by atoms with van der Waals surface area (Å²) < 4.78 is 5.94. The van der Waals surface area contributed by atoms with Crippen LogP contribution in [0.4, 0.5) is 5.69 Å². The molecule has 0 atom stereocenters. The van der Waals surface area contributed by atoms with Gasteiger partial charge in [-0.3, -0.25) is 9.97 Å². The van der Waals surface area contributed by atoms with Crippen LogP contribution in [-0.4, -0.2) is 36.1 Å². The van der Waals surface area contributed by atoms with Gasteiger partial charge in [-0.05, 0) is 40.8 Å². The Bertz CT molecular complexity index is 1360. The predicted octanol–water partition coefficient (Wildman–Crippen LogP) is 5.12. The van der Waals surface area contributed by atoms with Crippen molar-refractivity contribution in [1.29, 1.82) is 0 Å². The Morgan fingerprint density at radius 3 is 2.61 bits per heavy atom. The van der Waals surface area contributed by atoms with E-state index in [2.05, 4.69) is 57.7 Å². The Labute approximate surface area is 180 Å². The first-order valence-corrected chi connectivity index (χ1v) is 10.6. The number of anilines is 1. The highest BCUT2D eigenvalue weighted by Crippen LogP contribution is 2.35. The van der Waals surface area contributed by atoms with E-state index in [1.54, 1.807) is 0 Å². The Morgan fingerprint density at radius 1 is 0.871 bits per heavy atom. The van der Waals surface area contributed by atoms with E-state index >= 15 is 0 Å². The number of aromatic nitrogens is 2. The summed E-state index contributed by atoms with van der Waals surface area (Å²) in [6.45, 7) is 4.17. The van der Waals surface area contributed by atoms with Gasteiger partial charge < -0.3 is 14.6 Å². The zero-order valence-electron chi connectivity index (χ0n) is 17.1. The first kappa shape index (κ1) is 18.1. The molecule has 1 aliphatic rings. The highest BCUT2D eigenvalue weighted by atomic mass is 16.3. The minimum Gasteiger partial charge on any atom is -0.462 e. The second-order valence-electron chi connectivity index (χ2n) is 7.91. The molecule has 1 fully saturated rings. The summed E-state index contributed by atoms with van der Waals surface area (Å²) in [5.74, 6) is 0. The molecule has 0 radical (unpaired) electrons. The first-order chi connectivity index (χ1) is 15.4. The van der Waals surface area contributed by atoms with Gasteiger partial charge in [0.2, 0.25) is 0 Å². The fourth-order valence-electron chi connectivity index (χ4n) is 4.41. The lowest BCUT2D eigenvalue weighted by Crippen LogP contribution is -2.43. The smallest absolute Gasteiger partial charge is 0.153 e. The summed E-state index contributed by atoms with van der Waals surface area (Å²) in [5, 5.41) is 5.65. The molecule has 2 aromatic carbocycles. The number of pyridine rings is 2. The third-order valence-electron chi connectivity index (χ3n) is 6.07. The molecule has 5 heteroatoms. The lowest BCUT2D eigenvalue weighted by Gasteiger charge is -2.29. The number of piperazine rings is 1. The highest BCUT2D eigenvalue weighted by molar-refractivity contribution is 6.03. The van der Waals surface area contributed by atoms with E-state index in [1.165, 1.54) is 5.69 Å². The Hall–Kier alpha value is -3.70. The topological polar surface area (TPSA) is 54.2 Å². The van der Waals surface area contributed by atoms with Crippen LogP contribution in [0, 0.1) is 0 Å². The van der Waals surface area contributed by atoms with Crippen molar-refractivity contribution in [3.63, 3.8) is 0 Å². The van der Waals surface area contributed by atoms with Crippen molar-refractivity contribution in [3.8, 4) is 22.3 Å². The van der Waals surface area contributed by atoms with Crippen LogP contribution in [0.15, 0.2) is 83.9 Å². The van der Waals surface area contributed by atoms with E-state index in [4.69, 9.17) is 9.40 Å². The van der Waals surface area contributed by atoms with Crippen molar-refractivity contribution in [2.75, 3.05) is 31.1 Å². The molecular formula is C26H22N4O. The van der Waals surface area contributed by atoms with Crippen molar-refractivity contribution in [2.45, 2.75) is 0 Å². The van der Waals surface area contributed by atoms with Crippen molar-refractivity contribution in [1.82, 2.24) is 15.3 Å². The number of rotatable bonds is 3. The first-order valence-electron chi connectivity index (χ1n) is 10.6. The predicted molar refractivity (Wildman–Crippen MR) is 125 cm³/mol. The molecule has 5 nitrogen and oxygen atoms in total. The summed E-state index contributed by atoms with van der Waals surface area (Å²) in [5.41, 5.74) is 7.26. The van der Waals surface area contributed by atoms with Crippen molar-refractivity contribution in [3.05, 3.63) is 79.5 Å². The molecule has 152 valence electrons. The second kappa shape index (κ2) is 7.52. The Kier molecular flexibility index (Phi) is 4.39. The van der Waals surface area contributed by atoms with Crippen LogP contribution in [0.5, 0.6) is 0 Å². The maximum Gasteiger partial charge on any atom is 0.153 e. The molecule has 4 heterocycles. The molecule has 0 amide bonds. The normalized spacial score (nSPS) is 14.4. The Morgan fingerprint density at radius 2 is 1.74 bits per heavy atom. The number of hydrogen-bond donors (Lipinski definition) is 1. The largest absolute Gasteiger partial charge is 0.462 e. The third kappa shape index (κ3) is 3.23. The van der Waals surface area contributed by atoms with Crippen molar-refractivity contribution >= 4 is 27.6 Å². The number of benzene rings is 2. The van der Waals surface area contributed by atoms with E-state index in [0.717, 1.165) is 70.3 Å². The monoisotopic (exact) mass is 406 g/mol. The summed E-state index contributed by atoms with van der Waals surface area (Å²) in [6.07, 6.45) is 7.46. The molecule has 0 unspecified atom stereocenters. The van der Waals surface area contributed by atoms with Crippen LogP contribution in [0.3, 0.4) is 0 Å². The van der Waals surface area contributed by atoms with Gasteiger partial charge in [0.05, 0.1) is 0 Å². The number of nitrogens with zero attached hydrogens (tertiary/aromatic N) is 3. The molecule has 1 saturated heterocycles. The minimum atomic E-state index is 0.796. The second-order valence-corrected chi connectivity index (χ2v) is 7.91. The summed E-state index contributed by atoms with van der Waals surface area (Å²) in [4.78, 5) is 11.4. The van der Waals surface area contributed by atoms with Crippen LogP contribution >= 0.6 is 0 Å². The van der Waals surface area contributed by atoms with Gasteiger partial charge >= 0.3 is 0 Å². The zero-order chi connectivity index (χ0) is 20.6. The van der Waals surface area contributed by atoms with Gasteiger partial charge in [-0.1, -0.05) is 30.3 Å². The minimum absolute atomic E-state index is 0.796. The summed E-state index contributed by atoms with van der Waals surface area (Å²) >= 11 is 0. The molecule has 0 spiro atoms. The van der Waals surface area contributed by atoms with Gasteiger partial charge in [-0.2, -0.15) is 0 Å². The van der Waals surface area contributed by atoms with Gasteiger partial charge in [0.1, 0.15) is 11.8 Å². The van der Waals surface area contributed by atoms with E-state index in [9.17, 15) is 0 Å². The zero-order valence-corrected chi connectivity index (χ0v) is 17.1. The fourth-order valence-corrected chi connectivity index (χ4v) is 4.41. The van der Waals surface area contributed by atoms with Gasteiger partial charge in [-0.25, -0.2) is 0 Å². The van der Waals surface area contributed by atoms with Gasteiger partial charge in [0.15, 0.2) is 5.58 Å². The van der Waals surface area contributed by atoms with E-state index in [0.29, 0.717) is 0 Å². The fraction of sp³-hybridized carbons (Fsp3) is 0.154. The molecule has 0 saturated carbocycles. The standard InChI is InChI=1S/C26H22N4O/c1-2-19-15-28-9-8-22(19)23(3-1)24-17-31-25-14-20(16-29-26(24)25)18-4-6-21(7-5-18)30-12-10-27-11-13-30/h1-9,14-17,27H,10-13H2. The molecule has 3 aromatic heterocycles. The van der Waals surface area contributed by atoms with Crippen molar-refractivity contribution in [2.24, 2.45) is 0 Å². The number of fused-ring (bicyclic) bond motifs is 2. The van der Waals surface area contributed by atoms with Gasteiger partial charge in [0.25, 0.3) is 0 Å². The van der Waals surface area contributed by atoms with Crippen LogP contribution in [-0.2, 0) is 0 Å². The number of hydrogen-bond acceptors (Lipinski definition) is 5. The summed E-state index contributed by atoms with van der Waals surface area (Å²) in [7, 11) is 0. The summed E-state index contributed by atoms with van der Waals surface area (Å²) in [6, 6.07) is 19.1. The SMILES string of the molecule is c1cc(-c2coc3cc(-c4ccc(N5CCNCC5)cc4)cnc23)c2ccncc2c1. The van der Waals surface area contributed by atoms with Crippen LogP contribution < -0.4 is 10.2 Å². The van der Waals surface area contributed by atoms with Gasteiger partial charge in [-0.15, -0.1) is 0 Å². The molecule has 31 heavy (non-hydrogen) atoms. The van der Waals surface area contributed by atoms with Crippen molar-refractivity contribution < 1.29 is 4.42 Å². The lowest BCUT2D eigenvalue weighted by molar-refractivity contribution is 0.589. The highest BCUT2D eigenvalue weighted by Gasteiger charge is 2.14. The third-order valence-corrected chi connectivity index (χ3v) is 6.07. The van der Waals surface area contributed by atoms with Crippen LogP contribution in [0.25, 0.3) is 44.1 Å². The maximum atomic E-state index is 5.94. The lowest BCUT2D eigenvalue weighted by atomic mass is 10.0. The van der Waals surface area contributed by atoms with E-state index in [-0.39, 0.29) is 0 Å². The molecule has 1 aliphatic heterocycles. The van der Waals surface area contributed by atoms with Gasteiger partial charge in [0, 0.05) is 67.0 Å². The quantitative estimate of drug-likeness (QED) is 0.451. The number of nitrogens with one attached hydrogen (secondary N) is 1. The Balaban J connectivity index is 1.36. The average molecular weight is 406 g/mol. The van der Waals surface area contributed by atoms with E-state index < -0.39 is 0 Å². The molecule has 5 aromatic rings. The average Bonchev–Trinajstić information content (AvgIpc) is 3.27.